The molecule has 2 N–H and O–H groups in total. The summed E-state index contributed by atoms with van der Waals surface area (Å²) < 4.78 is 25.6. The maximum Gasteiger partial charge on any atom is 0.469 e. The fourth-order valence-corrected chi connectivity index (χ4v) is 3.32. The van der Waals surface area contributed by atoms with E-state index in [0.29, 0.717) is 12.8 Å². The van der Waals surface area contributed by atoms with Crippen LogP contribution in [0.2, 0.25) is 0 Å². The standard InChI is InChI=1S/C30H47O8P/c1-3-5-7-8-9-10-11-12-13-14-15-16-17-18-19-20-21-22-23-25-30(32)38-28(27-37-39(33,34)35)26-36-29(31)24-6-4-2/h5,7,9-10,12-13,15-16,18-19,21-22,28H,3-4,6,8,11,14,17,20,23-27H2,1-2H3,(H2,33,34,35)/b7-5-,10-9-,13-12-,16-15-,19-18-,22-21-. The van der Waals surface area contributed by atoms with Crippen LogP contribution in [0.1, 0.15) is 84.5 Å². The van der Waals surface area contributed by atoms with Gasteiger partial charge in [0.05, 0.1) is 6.61 Å². The molecule has 0 rings (SSSR count). The van der Waals surface area contributed by atoms with Crippen molar-refractivity contribution >= 4 is 19.8 Å². The molecule has 0 aromatic carbocycles. The van der Waals surface area contributed by atoms with Gasteiger partial charge in [0.2, 0.25) is 0 Å². The van der Waals surface area contributed by atoms with Gasteiger partial charge in [-0.05, 0) is 51.4 Å². The maximum absolute atomic E-state index is 12.1. The Morgan fingerprint density at radius 1 is 0.692 bits per heavy atom. The second kappa shape index (κ2) is 25.8. The molecule has 0 saturated carbocycles. The summed E-state index contributed by atoms with van der Waals surface area (Å²) >= 11 is 0. The molecule has 0 spiro atoms. The number of allylic oxidation sites excluding steroid dienone is 12. The van der Waals surface area contributed by atoms with E-state index < -0.39 is 32.5 Å². The summed E-state index contributed by atoms with van der Waals surface area (Å²) in [5.74, 6) is -1.04. The second-order valence-corrected chi connectivity index (χ2v) is 9.88. The molecule has 0 amide bonds. The van der Waals surface area contributed by atoms with Gasteiger partial charge < -0.3 is 19.3 Å². The summed E-state index contributed by atoms with van der Waals surface area (Å²) in [4.78, 5) is 41.5. The van der Waals surface area contributed by atoms with Crippen LogP contribution in [0.4, 0.5) is 0 Å². The van der Waals surface area contributed by atoms with Crippen molar-refractivity contribution in [3.05, 3.63) is 72.9 Å². The summed E-state index contributed by atoms with van der Waals surface area (Å²) in [5, 5.41) is 0. The number of carbonyl (C=O) groups is 2. The number of hydrogen-bond donors (Lipinski definition) is 2. The first kappa shape index (κ1) is 36.5. The highest BCUT2D eigenvalue weighted by molar-refractivity contribution is 7.46. The van der Waals surface area contributed by atoms with E-state index in [1.54, 1.807) is 0 Å². The van der Waals surface area contributed by atoms with Gasteiger partial charge in [-0.1, -0.05) is 93.2 Å². The minimum Gasteiger partial charge on any atom is -0.462 e. The molecule has 0 fully saturated rings. The Morgan fingerprint density at radius 2 is 1.18 bits per heavy atom. The topological polar surface area (TPSA) is 119 Å². The van der Waals surface area contributed by atoms with E-state index in [4.69, 9.17) is 19.3 Å². The lowest BCUT2D eigenvalue weighted by Gasteiger charge is -2.18. The molecule has 1 unspecified atom stereocenters. The molecule has 9 heteroatoms. The molecule has 0 aliphatic heterocycles. The average Bonchev–Trinajstić information content (AvgIpc) is 2.89. The zero-order valence-corrected chi connectivity index (χ0v) is 24.4. The lowest BCUT2D eigenvalue weighted by Crippen LogP contribution is -2.29. The van der Waals surface area contributed by atoms with Gasteiger partial charge in [0.1, 0.15) is 6.61 Å². The van der Waals surface area contributed by atoms with Gasteiger partial charge in [-0.2, -0.15) is 0 Å². The molecule has 0 aromatic rings. The maximum atomic E-state index is 12.1. The van der Waals surface area contributed by atoms with Crippen molar-refractivity contribution in [2.24, 2.45) is 0 Å². The first-order valence-electron chi connectivity index (χ1n) is 13.7. The quantitative estimate of drug-likeness (QED) is 0.0756. The Hall–Kier alpha value is -2.51. The number of phosphoric ester groups is 1. The third-order valence-electron chi connectivity index (χ3n) is 5.00. The molecule has 8 nitrogen and oxygen atoms in total. The van der Waals surface area contributed by atoms with Crippen LogP contribution >= 0.6 is 7.82 Å². The highest BCUT2D eigenvalue weighted by Gasteiger charge is 2.22. The molecule has 220 valence electrons. The van der Waals surface area contributed by atoms with Crippen LogP contribution in [0.15, 0.2) is 72.9 Å². The Kier molecular flexibility index (Phi) is 24.1. The molecular weight excluding hydrogens is 519 g/mol. The Labute approximate surface area is 234 Å². The van der Waals surface area contributed by atoms with Gasteiger partial charge >= 0.3 is 19.8 Å². The van der Waals surface area contributed by atoms with E-state index in [9.17, 15) is 14.2 Å². The van der Waals surface area contributed by atoms with E-state index in [2.05, 4.69) is 72.2 Å². The number of carbonyl (C=O) groups excluding carboxylic acids is 2. The number of ether oxygens (including phenoxy) is 2. The first-order valence-corrected chi connectivity index (χ1v) is 15.3. The zero-order chi connectivity index (χ0) is 29.0. The minimum atomic E-state index is -4.75. The normalized spacial score (nSPS) is 13.6. The molecule has 0 saturated heterocycles. The number of phosphoric acid groups is 1. The van der Waals surface area contributed by atoms with Crippen molar-refractivity contribution < 1.29 is 37.9 Å². The molecule has 0 heterocycles. The molecule has 0 bridgehead atoms. The predicted octanol–water partition coefficient (Wildman–Crippen LogP) is 7.22. The fourth-order valence-electron chi connectivity index (χ4n) is 2.96. The first-order chi connectivity index (χ1) is 18.8. The van der Waals surface area contributed by atoms with Gasteiger partial charge in [0, 0.05) is 12.8 Å². The van der Waals surface area contributed by atoms with Crippen LogP contribution < -0.4 is 0 Å². The molecule has 0 aliphatic rings. The predicted molar refractivity (Wildman–Crippen MR) is 156 cm³/mol. The van der Waals surface area contributed by atoms with Gasteiger partial charge in [-0.3, -0.25) is 14.1 Å². The van der Waals surface area contributed by atoms with Crippen LogP contribution in [-0.4, -0.2) is 41.0 Å². The van der Waals surface area contributed by atoms with E-state index >= 15 is 0 Å². The van der Waals surface area contributed by atoms with E-state index in [0.717, 1.165) is 44.9 Å². The van der Waals surface area contributed by atoms with Crippen molar-refractivity contribution in [2.45, 2.75) is 90.6 Å². The third kappa shape index (κ3) is 28.3. The van der Waals surface area contributed by atoms with E-state index in [-0.39, 0.29) is 19.4 Å². The van der Waals surface area contributed by atoms with Crippen molar-refractivity contribution in [2.75, 3.05) is 13.2 Å². The lowest BCUT2D eigenvalue weighted by molar-refractivity contribution is -0.161. The molecule has 1 atom stereocenters. The van der Waals surface area contributed by atoms with Crippen LogP contribution in [0, 0.1) is 0 Å². The van der Waals surface area contributed by atoms with Crippen molar-refractivity contribution in [1.29, 1.82) is 0 Å². The SMILES string of the molecule is CC/C=C\C/C=C\C/C=C\C/C=C\C/C=C\C/C=C\CCC(=O)OC(COC(=O)CCCC)COP(=O)(O)O. The lowest BCUT2D eigenvalue weighted by atomic mass is 10.2. The summed E-state index contributed by atoms with van der Waals surface area (Å²) in [6.07, 6.45) is 31.9. The van der Waals surface area contributed by atoms with Gasteiger partial charge in [-0.25, -0.2) is 4.57 Å². The molecule has 0 aromatic heterocycles. The smallest absolute Gasteiger partial charge is 0.462 e. The van der Waals surface area contributed by atoms with Gasteiger partial charge in [-0.15, -0.1) is 0 Å². The number of unbranched alkanes of at least 4 members (excludes halogenated alkanes) is 1. The van der Waals surface area contributed by atoms with Crippen molar-refractivity contribution in [1.82, 2.24) is 0 Å². The Balaban J connectivity index is 4.11. The largest absolute Gasteiger partial charge is 0.469 e. The Morgan fingerprint density at radius 3 is 1.64 bits per heavy atom. The third-order valence-corrected chi connectivity index (χ3v) is 5.49. The number of esters is 2. The minimum absolute atomic E-state index is 0.0817. The summed E-state index contributed by atoms with van der Waals surface area (Å²) in [5.41, 5.74) is 0. The highest BCUT2D eigenvalue weighted by Crippen LogP contribution is 2.35. The van der Waals surface area contributed by atoms with Crippen LogP contribution in [0.25, 0.3) is 0 Å². The number of rotatable bonds is 23. The second-order valence-electron chi connectivity index (χ2n) is 8.64. The molecule has 39 heavy (non-hydrogen) atoms. The molecule has 0 aliphatic carbocycles. The van der Waals surface area contributed by atoms with Gasteiger partial charge in [0.15, 0.2) is 6.10 Å². The summed E-state index contributed by atoms with van der Waals surface area (Å²) in [7, 11) is -4.75. The van der Waals surface area contributed by atoms with E-state index in [1.165, 1.54) is 0 Å². The van der Waals surface area contributed by atoms with Crippen LogP contribution in [0.5, 0.6) is 0 Å². The fraction of sp³-hybridized carbons (Fsp3) is 0.533. The van der Waals surface area contributed by atoms with Crippen molar-refractivity contribution in [3.63, 3.8) is 0 Å². The number of hydrogen-bond acceptors (Lipinski definition) is 6. The average molecular weight is 567 g/mol. The van der Waals surface area contributed by atoms with Crippen LogP contribution in [-0.2, 0) is 28.2 Å². The van der Waals surface area contributed by atoms with Crippen molar-refractivity contribution in [3.8, 4) is 0 Å². The summed E-state index contributed by atoms with van der Waals surface area (Å²) in [6.45, 7) is 3.17. The zero-order valence-electron chi connectivity index (χ0n) is 23.5. The highest BCUT2D eigenvalue weighted by atomic mass is 31.2. The summed E-state index contributed by atoms with van der Waals surface area (Å²) in [6, 6.07) is 0. The monoisotopic (exact) mass is 566 g/mol. The van der Waals surface area contributed by atoms with Crippen LogP contribution in [0.3, 0.4) is 0 Å². The van der Waals surface area contributed by atoms with E-state index in [1.807, 2.05) is 19.1 Å². The Bertz CT molecular complexity index is 864. The van der Waals surface area contributed by atoms with Gasteiger partial charge in [0.25, 0.3) is 0 Å². The molecular formula is C30H47O8P. The molecule has 0 radical (unpaired) electrons.